The topological polar surface area (TPSA) is 46.5 Å². The maximum Gasteiger partial charge on any atom is 0.384 e. The molecule has 1 atom stereocenters. The van der Waals surface area contributed by atoms with Crippen molar-refractivity contribution >= 4 is 5.97 Å². The number of aliphatic hydroxyl groups is 1. The fraction of sp³-hybridized carbons (Fsp3) is 0.727. The van der Waals surface area contributed by atoms with Crippen LogP contribution in [0.15, 0.2) is 0 Å². The summed E-state index contributed by atoms with van der Waals surface area (Å²) in [6.45, 7) is 2.11. The molecule has 0 amide bonds. The number of carbonyl (C=O) groups excluding carboxylic acids is 1. The van der Waals surface area contributed by atoms with E-state index in [0.717, 1.165) is 25.7 Å². The van der Waals surface area contributed by atoms with Crippen molar-refractivity contribution in [2.45, 2.75) is 45.1 Å². The second kappa shape index (κ2) is 8.58. The molecule has 0 aliphatic heterocycles. The van der Waals surface area contributed by atoms with Crippen LogP contribution in [0.3, 0.4) is 0 Å². The molecule has 0 saturated carbocycles. The summed E-state index contributed by atoms with van der Waals surface area (Å²) in [4.78, 5) is 10.6. The lowest BCUT2D eigenvalue weighted by molar-refractivity contribution is -0.133. The number of unbranched alkanes of at least 4 members (excludes halogenated alkanes) is 2. The Morgan fingerprint density at radius 1 is 1.50 bits per heavy atom. The maximum atomic E-state index is 10.6. The first kappa shape index (κ1) is 13.0. The van der Waals surface area contributed by atoms with E-state index >= 15 is 0 Å². The van der Waals surface area contributed by atoms with Gasteiger partial charge < -0.3 is 9.84 Å². The van der Waals surface area contributed by atoms with Crippen molar-refractivity contribution < 1.29 is 14.6 Å². The molecular formula is C11H18O3. The van der Waals surface area contributed by atoms with Crippen LogP contribution >= 0.6 is 0 Å². The Kier molecular flexibility index (Phi) is 7.96. The lowest BCUT2D eigenvalue weighted by Crippen LogP contribution is -2.05. The Balaban J connectivity index is 3.55. The Bertz CT molecular complexity index is 212. The van der Waals surface area contributed by atoms with Crippen molar-refractivity contribution in [1.29, 1.82) is 0 Å². The van der Waals surface area contributed by atoms with Crippen LogP contribution in [-0.4, -0.2) is 24.3 Å². The summed E-state index contributed by atoms with van der Waals surface area (Å²) in [5.74, 6) is 4.32. The van der Waals surface area contributed by atoms with E-state index in [0.29, 0.717) is 6.42 Å². The fourth-order valence-corrected chi connectivity index (χ4v) is 1.02. The van der Waals surface area contributed by atoms with Gasteiger partial charge in [0.2, 0.25) is 0 Å². The van der Waals surface area contributed by atoms with Crippen LogP contribution in [-0.2, 0) is 9.53 Å². The van der Waals surface area contributed by atoms with E-state index in [2.05, 4.69) is 23.5 Å². The third kappa shape index (κ3) is 7.63. The number of hydrogen-bond acceptors (Lipinski definition) is 3. The molecule has 0 saturated heterocycles. The van der Waals surface area contributed by atoms with Crippen molar-refractivity contribution in [3.05, 3.63) is 0 Å². The van der Waals surface area contributed by atoms with Crippen molar-refractivity contribution in [2.75, 3.05) is 7.11 Å². The van der Waals surface area contributed by atoms with Crippen LogP contribution in [0.4, 0.5) is 0 Å². The normalized spacial score (nSPS) is 11.4. The molecule has 0 aromatic rings. The summed E-state index contributed by atoms with van der Waals surface area (Å²) in [7, 11) is 1.29. The second-order valence-electron chi connectivity index (χ2n) is 3.15. The molecule has 0 fully saturated rings. The number of carbonyl (C=O) groups is 1. The highest BCUT2D eigenvalue weighted by molar-refractivity contribution is 5.88. The SMILES string of the molecule is CCCCC[C@H](O)CC#CC(=O)OC. The van der Waals surface area contributed by atoms with Crippen LogP contribution in [0.2, 0.25) is 0 Å². The van der Waals surface area contributed by atoms with E-state index < -0.39 is 12.1 Å². The van der Waals surface area contributed by atoms with E-state index in [1.54, 1.807) is 0 Å². The van der Waals surface area contributed by atoms with Gasteiger partial charge in [-0.1, -0.05) is 32.1 Å². The molecule has 0 bridgehead atoms. The molecule has 0 unspecified atom stereocenters. The Hall–Kier alpha value is -1.01. The van der Waals surface area contributed by atoms with Gasteiger partial charge in [-0.3, -0.25) is 0 Å². The van der Waals surface area contributed by atoms with Crippen LogP contribution in [0.1, 0.15) is 39.0 Å². The smallest absolute Gasteiger partial charge is 0.384 e. The third-order valence-electron chi connectivity index (χ3n) is 1.85. The molecule has 0 radical (unpaired) electrons. The number of methoxy groups -OCH3 is 1. The standard InChI is InChI=1S/C11H18O3/c1-3-4-5-7-10(12)8-6-9-11(13)14-2/h10,12H,3-5,7-8H2,1-2H3/t10-/m0/s1. The molecular weight excluding hydrogens is 180 g/mol. The summed E-state index contributed by atoms with van der Waals surface area (Å²) in [6, 6.07) is 0. The van der Waals surface area contributed by atoms with Crippen LogP contribution in [0.25, 0.3) is 0 Å². The van der Waals surface area contributed by atoms with Gasteiger partial charge >= 0.3 is 5.97 Å². The first-order valence-corrected chi connectivity index (χ1v) is 4.95. The first-order valence-electron chi connectivity index (χ1n) is 4.95. The van der Waals surface area contributed by atoms with Crippen molar-refractivity contribution in [3.63, 3.8) is 0 Å². The number of aliphatic hydroxyl groups excluding tert-OH is 1. The minimum absolute atomic E-state index is 0.346. The summed E-state index contributed by atoms with van der Waals surface area (Å²) in [5.41, 5.74) is 0. The molecule has 3 heteroatoms. The number of rotatable bonds is 5. The lowest BCUT2D eigenvalue weighted by Gasteiger charge is -2.04. The summed E-state index contributed by atoms with van der Waals surface area (Å²) >= 11 is 0. The minimum Gasteiger partial charge on any atom is -0.459 e. The number of esters is 1. The third-order valence-corrected chi connectivity index (χ3v) is 1.85. The molecule has 0 heterocycles. The molecule has 3 nitrogen and oxygen atoms in total. The number of hydrogen-bond donors (Lipinski definition) is 1. The zero-order valence-electron chi connectivity index (χ0n) is 8.88. The van der Waals surface area contributed by atoms with E-state index in [4.69, 9.17) is 0 Å². The molecule has 0 aliphatic carbocycles. The van der Waals surface area contributed by atoms with E-state index in [1.807, 2.05) is 0 Å². The van der Waals surface area contributed by atoms with Crippen molar-refractivity contribution in [1.82, 2.24) is 0 Å². The molecule has 0 aromatic carbocycles. The summed E-state index contributed by atoms with van der Waals surface area (Å²) in [5, 5.41) is 9.41. The van der Waals surface area contributed by atoms with Gasteiger partial charge in [0.05, 0.1) is 13.2 Å². The molecule has 80 valence electrons. The number of ether oxygens (including phenoxy) is 1. The Morgan fingerprint density at radius 3 is 2.79 bits per heavy atom. The van der Waals surface area contributed by atoms with Gasteiger partial charge in [-0.05, 0) is 6.42 Å². The van der Waals surface area contributed by atoms with E-state index in [1.165, 1.54) is 7.11 Å². The Labute approximate surface area is 85.5 Å². The van der Waals surface area contributed by atoms with Gasteiger partial charge in [0.1, 0.15) is 0 Å². The van der Waals surface area contributed by atoms with Gasteiger partial charge in [-0.15, -0.1) is 0 Å². The average molecular weight is 198 g/mol. The predicted molar refractivity (Wildman–Crippen MR) is 54.6 cm³/mol. The highest BCUT2D eigenvalue weighted by Gasteiger charge is 2.00. The maximum absolute atomic E-state index is 10.6. The highest BCUT2D eigenvalue weighted by Crippen LogP contribution is 2.05. The largest absolute Gasteiger partial charge is 0.459 e. The van der Waals surface area contributed by atoms with Crippen molar-refractivity contribution in [2.24, 2.45) is 0 Å². The van der Waals surface area contributed by atoms with Gasteiger partial charge in [-0.25, -0.2) is 4.79 Å². The molecule has 14 heavy (non-hydrogen) atoms. The summed E-state index contributed by atoms with van der Waals surface area (Å²) < 4.78 is 4.34. The van der Waals surface area contributed by atoms with Gasteiger partial charge in [0.25, 0.3) is 0 Å². The van der Waals surface area contributed by atoms with Crippen LogP contribution in [0, 0.1) is 11.8 Å². The fourth-order valence-electron chi connectivity index (χ4n) is 1.02. The van der Waals surface area contributed by atoms with Gasteiger partial charge in [0, 0.05) is 12.3 Å². The van der Waals surface area contributed by atoms with Crippen molar-refractivity contribution in [3.8, 4) is 11.8 Å². The second-order valence-corrected chi connectivity index (χ2v) is 3.15. The summed E-state index contributed by atoms with van der Waals surface area (Å²) in [6.07, 6.45) is 3.96. The average Bonchev–Trinajstić information content (AvgIpc) is 2.18. The van der Waals surface area contributed by atoms with Crippen LogP contribution in [0.5, 0.6) is 0 Å². The minimum atomic E-state index is -0.550. The molecule has 1 N–H and O–H groups in total. The monoisotopic (exact) mass is 198 g/mol. The molecule has 0 aliphatic rings. The molecule has 0 spiro atoms. The van der Waals surface area contributed by atoms with E-state index in [-0.39, 0.29) is 0 Å². The molecule has 0 rings (SSSR count). The van der Waals surface area contributed by atoms with Gasteiger partial charge in [0.15, 0.2) is 0 Å². The zero-order chi connectivity index (χ0) is 10.8. The van der Waals surface area contributed by atoms with Crippen LogP contribution < -0.4 is 0 Å². The van der Waals surface area contributed by atoms with E-state index in [9.17, 15) is 9.90 Å². The zero-order valence-corrected chi connectivity index (χ0v) is 8.88. The Morgan fingerprint density at radius 2 is 2.21 bits per heavy atom. The predicted octanol–water partition coefficient (Wildman–Crippen LogP) is 1.49. The lowest BCUT2D eigenvalue weighted by atomic mass is 10.1. The van der Waals surface area contributed by atoms with Gasteiger partial charge in [-0.2, -0.15) is 0 Å². The first-order chi connectivity index (χ1) is 6.70. The highest BCUT2D eigenvalue weighted by atomic mass is 16.5. The quantitative estimate of drug-likeness (QED) is 0.315. The molecule has 0 aromatic heterocycles.